The summed E-state index contributed by atoms with van der Waals surface area (Å²) in [6, 6.07) is 14.2. The molecule has 0 unspecified atom stereocenters. The second kappa shape index (κ2) is 8.54. The maximum absolute atomic E-state index is 13.9. The van der Waals surface area contributed by atoms with Crippen LogP contribution in [-0.4, -0.2) is 26.4 Å². The van der Waals surface area contributed by atoms with E-state index in [-0.39, 0.29) is 17.3 Å². The van der Waals surface area contributed by atoms with Gasteiger partial charge in [-0.1, -0.05) is 42.1 Å². The van der Waals surface area contributed by atoms with Crippen molar-refractivity contribution in [2.45, 2.75) is 18.6 Å². The van der Waals surface area contributed by atoms with E-state index in [1.54, 1.807) is 18.2 Å². The van der Waals surface area contributed by atoms with Crippen molar-refractivity contribution in [2.75, 3.05) is 11.1 Å². The van der Waals surface area contributed by atoms with Crippen LogP contribution in [0, 0.1) is 12.7 Å². The number of halogens is 1. The number of furan rings is 1. The van der Waals surface area contributed by atoms with E-state index in [2.05, 4.69) is 22.1 Å². The number of amides is 1. The predicted octanol–water partition coefficient (Wildman–Crippen LogP) is 5.06. The van der Waals surface area contributed by atoms with E-state index in [1.807, 2.05) is 41.8 Å². The third kappa shape index (κ3) is 4.13. The summed E-state index contributed by atoms with van der Waals surface area (Å²) in [4.78, 5) is 12.3. The van der Waals surface area contributed by atoms with Crippen molar-refractivity contribution in [1.82, 2.24) is 14.8 Å². The van der Waals surface area contributed by atoms with Crippen LogP contribution in [0.4, 0.5) is 10.1 Å². The molecule has 0 aliphatic carbocycles. The summed E-state index contributed by atoms with van der Waals surface area (Å²) in [5.74, 6) is 0.397. The summed E-state index contributed by atoms with van der Waals surface area (Å²) in [6.07, 6.45) is 1.72. The molecule has 4 rings (SSSR count). The molecular formula is C22H19FN4O2S. The van der Waals surface area contributed by atoms with E-state index in [0.717, 1.165) is 16.5 Å². The summed E-state index contributed by atoms with van der Waals surface area (Å²) >= 11 is 1.21. The molecular weight excluding hydrogens is 403 g/mol. The van der Waals surface area contributed by atoms with Gasteiger partial charge in [-0.25, -0.2) is 4.39 Å². The number of aromatic nitrogens is 3. The lowest BCUT2D eigenvalue weighted by atomic mass is 10.2. The number of carbonyl (C=O) groups is 1. The first-order valence-electron chi connectivity index (χ1n) is 9.27. The smallest absolute Gasteiger partial charge is 0.234 e. The second-order valence-corrected chi connectivity index (χ2v) is 7.62. The average Bonchev–Trinajstić information content (AvgIpc) is 3.33. The summed E-state index contributed by atoms with van der Waals surface area (Å²) in [7, 11) is 0. The number of carbonyl (C=O) groups excluding carboxylic acids is 1. The fraction of sp³-hybridized carbons (Fsp3) is 0.136. The third-order valence-electron chi connectivity index (χ3n) is 4.40. The molecule has 0 saturated heterocycles. The molecule has 8 heteroatoms. The summed E-state index contributed by atoms with van der Waals surface area (Å²) in [6.45, 7) is 6.07. The molecule has 2 aromatic carbocycles. The van der Waals surface area contributed by atoms with E-state index in [0.29, 0.717) is 23.3 Å². The zero-order valence-corrected chi connectivity index (χ0v) is 17.1. The lowest BCUT2D eigenvalue weighted by Crippen LogP contribution is -2.15. The Morgan fingerprint density at radius 1 is 1.27 bits per heavy atom. The van der Waals surface area contributed by atoms with Gasteiger partial charge >= 0.3 is 0 Å². The van der Waals surface area contributed by atoms with Crippen LogP contribution in [0.1, 0.15) is 5.56 Å². The molecule has 30 heavy (non-hydrogen) atoms. The van der Waals surface area contributed by atoms with Gasteiger partial charge in [0.15, 0.2) is 10.9 Å². The van der Waals surface area contributed by atoms with E-state index in [1.165, 1.54) is 17.8 Å². The maximum Gasteiger partial charge on any atom is 0.234 e. The first-order chi connectivity index (χ1) is 14.5. The lowest BCUT2D eigenvalue weighted by molar-refractivity contribution is -0.113. The van der Waals surface area contributed by atoms with E-state index in [4.69, 9.17) is 4.42 Å². The fourth-order valence-electron chi connectivity index (χ4n) is 3.01. The molecule has 0 radical (unpaired) electrons. The molecule has 0 aliphatic heterocycles. The number of benzene rings is 2. The molecule has 6 nitrogen and oxygen atoms in total. The number of para-hydroxylation sites is 1. The quantitative estimate of drug-likeness (QED) is 0.333. The molecule has 0 spiro atoms. The van der Waals surface area contributed by atoms with Crippen molar-refractivity contribution in [3.8, 4) is 11.6 Å². The van der Waals surface area contributed by atoms with Crippen molar-refractivity contribution < 1.29 is 13.6 Å². The van der Waals surface area contributed by atoms with Crippen molar-refractivity contribution in [2.24, 2.45) is 0 Å². The zero-order chi connectivity index (χ0) is 21.1. The largest absolute Gasteiger partial charge is 0.453 e. The molecule has 0 fully saturated rings. The Hall–Kier alpha value is -3.39. The Kier molecular flexibility index (Phi) is 5.67. The molecule has 152 valence electrons. The SMILES string of the molecule is C=CCn1c(SCC(=O)Nc2cc(C)ccc2F)nnc1-c1cc2ccccc2o1. The lowest BCUT2D eigenvalue weighted by Gasteiger charge is -2.08. The normalized spacial score (nSPS) is 11.0. The van der Waals surface area contributed by atoms with Crippen LogP contribution in [-0.2, 0) is 11.3 Å². The number of fused-ring (bicyclic) bond motifs is 1. The molecule has 1 amide bonds. The van der Waals surface area contributed by atoms with Crippen molar-refractivity contribution in [3.63, 3.8) is 0 Å². The standard InChI is InChI=1S/C22H19FN4O2S/c1-3-10-27-21(19-12-15-6-4-5-7-18(15)29-19)25-26-22(27)30-13-20(28)24-17-11-14(2)8-9-16(17)23/h3-9,11-12H,1,10,13H2,2H3,(H,24,28). The Balaban J connectivity index is 1.52. The second-order valence-electron chi connectivity index (χ2n) is 6.67. The van der Waals surface area contributed by atoms with Crippen LogP contribution >= 0.6 is 11.8 Å². The van der Waals surface area contributed by atoms with Gasteiger partial charge in [-0.05, 0) is 36.8 Å². The van der Waals surface area contributed by atoms with E-state index in [9.17, 15) is 9.18 Å². The highest BCUT2D eigenvalue weighted by Crippen LogP contribution is 2.29. The van der Waals surface area contributed by atoms with Crippen molar-refractivity contribution in [3.05, 3.63) is 72.6 Å². The number of nitrogens with zero attached hydrogens (tertiary/aromatic N) is 3. The number of hydrogen-bond donors (Lipinski definition) is 1. The topological polar surface area (TPSA) is 73.0 Å². The van der Waals surface area contributed by atoms with Gasteiger partial charge in [0.25, 0.3) is 0 Å². The number of hydrogen-bond acceptors (Lipinski definition) is 5. The minimum Gasteiger partial charge on any atom is -0.453 e. The zero-order valence-electron chi connectivity index (χ0n) is 16.3. The van der Waals surface area contributed by atoms with Gasteiger partial charge in [0, 0.05) is 11.9 Å². The molecule has 0 atom stereocenters. The Labute approximate surface area is 176 Å². The highest BCUT2D eigenvalue weighted by Gasteiger charge is 2.18. The van der Waals surface area contributed by atoms with E-state index < -0.39 is 5.82 Å². The number of nitrogens with one attached hydrogen (secondary N) is 1. The number of rotatable bonds is 7. The highest BCUT2D eigenvalue weighted by atomic mass is 32.2. The molecule has 0 bridgehead atoms. The van der Waals surface area contributed by atoms with Crippen LogP contribution in [0.3, 0.4) is 0 Å². The van der Waals surface area contributed by atoms with Gasteiger partial charge in [0.2, 0.25) is 11.7 Å². The number of aryl methyl sites for hydroxylation is 1. The first-order valence-corrected chi connectivity index (χ1v) is 10.3. The molecule has 1 N–H and O–H groups in total. The molecule has 2 heterocycles. The minimum atomic E-state index is -0.471. The minimum absolute atomic E-state index is 0.0583. The van der Waals surface area contributed by atoms with Gasteiger partial charge in [-0.2, -0.15) is 0 Å². The average molecular weight is 422 g/mol. The Morgan fingerprint density at radius 3 is 2.90 bits per heavy atom. The van der Waals surface area contributed by atoms with Gasteiger partial charge < -0.3 is 9.73 Å². The van der Waals surface area contributed by atoms with Crippen molar-refractivity contribution >= 4 is 34.3 Å². The Bertz CT molecular complexity index is 1200. The predicted molar refractivity (Wildman–Crippen MR) is 116 cm³/mol. The number of allylic oxidation sites excluding steroid dienone is 1. The molecule has 2 aromatic heterocycles. The monoisotopic (exact) mass is 422 g/mol. The number of anilines is 1. The van der Waals surface area contributed by atoms with Crippen LogP contribution in [0.5, 0.6) is 0 Å². The summed E-state index contributed by atoms with van der Waals surface area (Å²) in [5.41, 5.74) is 1.78. The molecule has 0 saturated carbocycles. The maximum atomic E-state index is 13.9. The van der Waals surface area contributed by atoms with Crippen LogP contribution in [0.25, 0.3) is 22.6 Å². The summed E-state index contributed by atoms with van der Waals surface area (Å²) < 4.78 is 21.6. The third-order valence-corrected chi connectivity index (χ3v) is 5.37. The van der Waals surface area contributed by atoms with Crippen molar-refractivity contribution in [1.29, 1.82) is 0 Å². The van der Waals surface area contributed by atoms with E-state index >= 15 is 0 Å². The van der Waals surface area contributed by atoms with Crippen LogP contribution < -0.4 is 5.32 Å². The molecule has 0 aliphatic rings. The highest BCUT2D eigenvalue weighted by molar-refractivity contribution is 7.99. The van der Waals surface area contributed by atoms with Gasteiger partial charge in [0.05, 0.1) is 11.4 Å². The first kappa shape index (κ1) is 19.9. The summed E-state index contributed by atoms with van der Waals surface area (Å²) in [5, 5.41) is 12.6. The van der Waals surface area contributed by atoms with Crippen LogP contribution in [0.2, 0.25) is 0 Å². The number of thioether (sulfide) groups is 1. The fourth-order valence-corrected chi connectivity index (χ4v) is 3.76. The Morgan fingerprint density at radius 2 is 2.10 bits per heavy atom. The van der Waals surface area contributed by atoms with Gasteiger partial charge in [0.1, 0.15) is 11.4 Å². The molecule has 4 aromatic rings. The van der Waals surface area contributed by atoms with Crippen LogP contribution in [0.15, 0.2) is 70.8 Å². The van der Waals surface area contributed by atoms with Gasteiger partial charge in [-0.15, -0.1) is 16.8 Å². The van der Waals surface area contributed by atoms with Gasteiger partial charge in [-0.3, -0.25) is 9.36 Å².